The summed E-state index contributed by atoms with van der Waals surface area (Å²) < 4.78 is 10.7. The van der Waals surface area contributed by atoms with Crippen molar-refractivity contribution in [3.63, 3.8) is 0 Å². The Labute approximate surface area is 134 Å². The predicted molar refractivity (Wildman–Crippen MR) is 79.8 cm³/mol. The maximum Gasteiger partial charge on any atom is 0.229 e. The lowest BCUT2D eigenvalue weighted by atomic mass is 9.99. The number of rotatable bonds is 6. The first-order valence-electron chi connectivity index (χ1n) is 7.48. The fourth-order valence-corrected chi connectivity index (χ4v) is 2.35. The van der Waals surface area contributed by atoms with E-state index in [4.69, 9.17) is 14.6 Å². The Kier molecular flexibility index (Phi) is 6.09. The van der Waals surface area contributed by atoms with Gasteiger partial charge in [0.1, 0.15) is 35.9 Å². The van der Waals surface area contributed by atoms with Gasteiger partial charge in [0.15, 0.2) is 0 Å². The van der Waals surface area contributed by atoms with Gasteiger partial charge in [0.2, 0.25) is 6.29 Å². The van der Waals surface area contributed by atoms with Gasteiger partial charge in [0, 0.05) is 6.42 Å². The number of carbonyl (C=O) groups excluding carboxylic acids is 1. The molecule has 7 heteroatoms. The lowest BCUT2D eigenvalue weighted by molar-refractivity contribution is -0.277. The average molecular weight is 326 g/mol. The van der Waals surface area contributed by atoms with E-state index >= 15 is 0 Å². The number of aryl methyl sites for hydroxylation is 1. The third-order valence-corrected chi connectivity index (χ3v) is 3.79. The second-order valence-electron chi connectivity index (χ2n) is 5.66. The highest BCUT2D eigenvalue weighted by atomic mass is 16.7. The summed E-state index contributed by atoms with van der Waals surface area (Å²) in [6, 6.07) is 6.92. The zero-order valence-corrected chi connectivity index (χ0v) is 12.8. The quantitative estimate of drug-likeness (QED) is 0.551. The standard InChI is InChI=1S/C16H22O7/c1-9(18)2-3-10-4-6-11(7-5-10)22-16-15(21)14(20)13(19)12(8-17)23-16/h4-7,12-17,19-21H,2-3,8H2,1H3/t12?,13?,14-,15?,16?/m0/s1. The molecule has 23 heavy (non-hydrogen) atoms. The Morgan fingerprint density at radius 3 is 2.35 bits per heavy atom. The van der Waals surface area contributed by atoms with E-state index in [9.17, 15) is 20.1 Å². The van der Waals surface area contributed by atoms with Crippen molar-refractivity contribution in [1.82, 2.24) is 0 Å². The van der Waals surface area contributed by atoms with E-state index in [1.54, 1.807) is 24.3 Å². The van der Waals surface area contributed by atoms with Gasteiger partial charge in [0.25, 0.3) is 0 Å². The molecule has 1 aromatic rings. The summed E-state index contributed by atoms with van der Waals surface area (Å²) in [4.78, 5) is 11.0. The summed E-state index contributed by atoms with van der Waals surface area (Å²) in [5, 5.41) is 38.4. The zero-order chi connectivity index (χ0) is 17.0. The fraction of sp³-hybridized carbons (Fsp3) is 0.562. The van der Waals surface area contributed by atoms with Crippen LogP contribution in [0.1, 0.15) is 18.9 Å². The van der Waals surface area contributed by atoms with Crippen LogP contribution in [0.15, 0.2) is 24.3 Å². The number of benzene rings is 1. The number of Topliss-reactive ketones (excluding diaryl/α,β-unsaturated/α-hetero) is 1. The van der Waals surface area contributed by atoms with Gasteiger partial charge in [-0.2, -0.15) is 0 Å². The van der Waals surface area contributed by atoms with Crippen molar-refractivity contribution in [1.29, 1.82) is 0 Å². The van der Waals surface area contributed by atoms with Crippen LogP contribution in [0.2, 0.25) is 0 Å². The smallest absolute Gasteiger partial charge is 0.229 e. The van der Waals surface area contributed by atoms with Crippen LogP contribution in [-0.2, 0) is 16.0 Å². The largest absolute Gasteiger partial charge is 0.462 e. The van der Waals surface area contributed by atoms with E-state index in [2.05, 4.69) is 0 Å². The SMILES string of the molecule is CC(=O)CCc1ccc(OC2OC(CO)C(O)[C@H](O)C2O)cc1. The maximum atomic E-state index is 11.0. The minimum atomic E-state index is -1.47. The van der Waals surface area contributed by atoms with Gasteiger partial charge in [-0.15, -0.1) is 0 Å². The predicted octanol–water partition coefficient (Wildman–Crippen LogP) is -0.613. The molecule has 7 nitrogen and oxygen atoms in total. The highest BCUT2D eigenvalue weighted by Gasteiger charge is 2.44. The minimum Gasteiger partial charge on any atom is -0.462 e. The molecule has 0 radical (unpaired) electrons. The number of aliphatic hydroxyl groups excluding tert-OH is 4. The Bertz CT molecular complexity index is 514. The van der Waals surface area contributed by atoms with Gasteiger partial charge in [-0.1, -0.05) is 12.1 Å². The molecule has 0 aromatic heterocycles. The highest BCUT2D eigenvalue weighted by Crippen LogP contribution is 2.24. The Balaban J connectivity index is 1.99. The minimum absolute atomic E-state index is 0.117. The first-order chi connectivity index (χ1) is 10.9. The molecule has 4 unspecified atom stereocenters. The van der Waals surface area contributed by atoms with E-state index in [0.717, 1.165) is 5.56 Å². The number of hydrogen-bond donors (Lipinski definition) is 4. The van der Waals surface area contributed by atoms with E-state index < -0.39 is 37.3 Å². The first kappa shape index (κ1) is 17.8. The van der Waals surface area contributed by atoms with E-state index in [0.29, 0.717) is 18.6 Å². The molecule has 1 heterocycles. The third kappa shape index (κ3) is 4.49. The molecule has 2 rings (SSSR count). The van der Waals surface area contributed by atoms with Crippen molar-refractivity contribution in [3.05, 3.63) is 29.8 Å². The van der Waals surface area contributed by atoms with Crippen molar-refractivity contribution >= 4 is 5.78 Å². The van der Waals surface area contributed by atoms with Crippen molar-refractivity contribution in [2.75, 3.05) is 6.61 Å². The Morgan fingerprint density at radius 1 is 1.13 bits per heavy atom. The van der Waals surface area contributed by atoms with Crippen LogP contribution >= 0.6 is 0 Å². The van der Waals surface area contributed by atoms with E-state index in [1.165, 1.54) is 6.92 Å². The lowest BCUT2D eigenvalue weighted by Gasteiger charge is -2.39. The van der Waals surface area contributed by atoms with Gasteiger partial charge >= 0.3 is 0 Å². The number of hydrogen-bond acceptors (Lipinski definition) is 7. The molecule has 0 bridgehead atoms. The maximum absolute atomic E-state index is 11.0. The summed E-state index contributed by atoms with van der Waals surface area (Å²) in [6.07, 6.45) is -5.43. The molecular formula is C16H22O7. The average Bonchev–Trinajstić information content (AvgIpc) is 2.54. The molecule has 0 aliphatic carbocycles. The number of ether oxygens (including phenoxy) is 2. The first-order valence-corrected chi connectivity index (χ1v) is 7.48. The van der Waals surface area contributed by atoms with Gasteiger partial charge in [0.05, 0.1) is 6.61 Å². The second-order valence-corrected chi connectivity index (χ2v) is 5.66. The molecule has 0 amide bonds. The van der Waals surface area contributed by atoms with Crippen molar-refractivity contribution in [3.8, 4) is 5.75 Å². The molecule has 5 atom stereocenters. The molecule has 0 saturated carbocycles. The van der Waals surface area contributed by atoms with Crippen LogP contribution in [0, 0.1) is 0 Å². The Hall–Kier alpha value is -1.51. The van der Waals surface area contributed by atoms with Crippen LogP contribution in [0.3, 0.4) is 0 Å². The topological polar surface area (TPSA) is 116 Å². The monoisotopic (exact) mass is 326 g/mol. The summed E-state index contributed by atoms with van der Waals surface area (Å²) >= 11 is 0. The zero-order valence-electron chi connectivity index (χ0n) is 12.8. The van der Waals surface area contributed by atoms with Gasteiger partial charge in [-0.3, -0.25) is 0 Å². The third-order valence-electron chi connectivity index (χ3n) is 3.79. The van der Waals surface area contributed by atoms with Gasteiger partial charge in [-0.25, -0.2) is 0 Å². The number of aliphatic hydroxyl groups is 4. The molecular weight excluding hydrogens is 304 g/mol. The normalized spacial score (nSPS) is 30.9. The number of ketones is 1. The van der Waals surface area contributed by atoms with Gasteiger partial charge in [-0.05, 0) is 31.0 Å². The van der Waals surface area contributed by atoms with Crippen LogP contribution in [0.4, 0.5) is 0 Å². The van der Waals surface area contributed by atoms with E-state index in [1.807, 2.05) is 0 Å². The molecule has 128 valence electrons. The van der Waals surface area contributed by atoms with Crippen LogP contribution in [-0.4, -0.2) is 63.5 Å². The molecule has 4 N–H and O–H groups in total. The molecule has 1 aromatic carbocycles. The lowest BCUT2D eigenvalue weighted by Crippen LogP contribution is -2.60. The van der Waals surface area contributed by atoms with Crippen LogP contribution in [0.5, 0.6) is 5.75 Å². The van der Waals surface area contributed by atoms with Crippen molar-refractivity contribution < 1.29 is 34.7 Å². The molecule has 0 spiro atoms. The summed E-state index contributed by atoms with van der Waals surface area (Å²) in [7, 11) is 0. The van der Waals surface area contributed by atoms with Crippen LogP contribution < -0.4 is 4.74 Å². The molecule has 1 aliphatic rings. The Morgan fingerprint density at radius 2 is 1.78 bits per heavy atom. The molecule has 1 aliphatic heterocycles. The molecule has 1 fully saturated rings. The number of carbonyl (C=O) groups is 1. The van der Waals surface area contributed by atoms with E-state index in [-0.39, 0.29) is 5.78 Å². The fourth-order valence-electron chi connectivity index (χ4n) is 2.35. The summed E-state index contributed by atoms with van der Waals surface area (Å²) in [5.41, 5.74) is 0.973. The summed E-state index contributed by atoms with van der Waals surface area (Å²) in [6.45, 7) is 1.03. The summed E-state index contributed by atoms with van der Waals surface area (Å²) in [5.74, 6) is 0.521. The van der Waals surface area contributed by atoms with Gasteiger partial charge < -0.3 is 34.7 Å². The highest BCUT2D eigenvalue weighted by molar-refractivity contribution is 5.75. The second kappa shape index (κ2) is 7.85. The van der Waals surface area contributed by atoms with Crippen molar-refractivity contribution in [2.24, 2.45) is 0 Å². The molecule has 1 saturated heterocycles. The van der Waals surface area contributed by atoms with Crippen molar-refractivity contribution in [2.45, 2.75) is 50.5 Å². The van der Waals surface area contributed by atoms with Crippen LogP contribution in [0.25, 0.3) is 0 Å².